The maximum atomic E-state index is 12.3. The van der Waals surface area contributed by atoms with Crippen LogP contribution in [0.5, 0.6) is 5.75 Å². The Bertz CT molecular complexity index is 534. The van der Waals surface area contributed by atoms with Crippen molar-refractivity contribution in [3.63, 3.8) is 0 Å². The van der Waals surface area contributed by atoms with Gasteiger partial charge in [0.15, 0.2) is 5.92 Å². The molecular weight excluding hydrogens is 307 g/mol. The molecule has 0 radical (unpaired) electrons. The number of carboxylic acids is 1. The second kappa shape index (κ2) is 5.95. The van der Waals surface area contributed by atoms with Gasteiger partial charge in [-0.25, -0.2) is 0 Å². The summed E-state index contributed by atoms with van der Waals surface area (Å²) in [7, 11) is 0. The fraction of sp³-hybridized carbons (Fsp3) is 0.300. The molecule has 110 valence electrons. The van der Waals surface area contributed by atoms with E-state index in [0.717, 1.165) is 18.2 Å². The second-order valence-electron chi connectivity index (χ2n) is 3.61. The van der Waals surface area contributed by atoms with Crippen LogP contribution in [0.4, 0.5) is 18.9 Å². The van der Waals surface area contributed by atoms with Crippen molar-refractivity contribution in [2.45, 2.75) is 6.18 Å². The molecule has 0 bridgehead atoms. The Labute approximate surface area is 114 Å². The van der Waals surface area contributed by atoms with Gasteiger partial charge >= 0.3 is 12.1 Å². The summed E-state index contributed by atoms with van der Waals surface area (Å²) in [5, 5.41) is 18.6. The third kappa shape index (κ3) is 3.98. The van der Waals surface area contributed by atoms with E-state index in [0.29, 0.717) is 0 Å². The van der Waals surface area contributed by atoms with Crippen LogP contribution in [-0.4, -0.2) is 28.8 Å². The van der Waals surface area contributed by atoms with Crippen LogP contribution >= 0.6 is 11.6 Å². The van der Waals surface area contributed by atoms with E-state index in [4.69, 9.17) is 16.7 Å². The summed E-state index contributed by atoms with van der Waals surface area (Å²) in [4.78, 5) is 20.2. The van der Waals surface area contributed by atoms with Crippen molar-refractivity contribution in [1.82, 2.24) is 0 Å². The van der Waals surface area contributed by atoms with Crippen LogP contribution in [0.3, 0.4) is 0 Å². The van der Waals surface area contributed by atoms with Gasteiger partial charge in [-0.05, 0) is 6.07 Å². The number of benzene rings is 1. The highest BCUT2D eigenvalue weighted by Gasteiger charge is 2.45. The zero-order valence-electron chi connectivity index (χ0n) is 9.56. The van der Waals surface area contributed by atoms with Gasteiger partial charge in [-0.1, -0.05) is 11.6 Å². The largest absolute Gasteiger partial charge is 0.492 e. The lowest BCUT2D eigenvalue weighted by Crippen LogP contribution is -2.35. The van der Waals surface area contributed by atoms with E-state index in [-0.39, 0.29) is 10.8 Å². The minimum Gasteiger partial charge on any atom is -0.492 e. The summed E-state index contributed by atoms with van der Waals surface area (Å²) in [6.07, 6.45) is -4.96. The van der Waals surface area contributed by atoms with E-state index in [9.17, 15) is 28.1 Å². The van der Waals surface area contributed by atoms with E-state index in [2.05, 4.69) is 4.74 Å². The minimum absolute atomic E-state index is 0.198. The molecule has 1 atom stereocenters. The lowest BCUT2D eigenvalue weighted by atomic mass is 10.1. The summed E-state index contributed by atoms with van der Waals surface area (Å²) in [5.74, 6) is -4.97. The zero-order valence-corrected chi connectivity index (χ0v) is 10.3. The summed E-state index contributed by atoms with van der Waals surface area (Å²) >= 11 is 5.53. The summed E-state index contributed by atoms with van der Waals surface area (Å²) in [5.41, 5.74) is -0.440. The normalized spacial score (nSPS) is 12.8. The van der Waals surface area contributed by atoms with E-state index in [1.165, 1.54) is 0 Å². The molecule has 10 heteroatoms. The van der Waals surface area contributed by atoms with Crippen LogP contribution in [0.25, 0.3) is 0 Å². The molecule has 0 aliphatic heterocycles. The standard InChI is InChI=1S/C10H7ClF3NO5/c11-7-3-5(1-2-8(7)15(18)19)20-4-6(9(16)17)10(12,13)14/h1-3,6H,4H2,(H,16,17). The monoisotopic (exact) mass is 313 g/mol. The second-order valence-corrected chi connectivity index (χ2v) is 4.02. The summed E-state index contributed by atoms with van der Waals surface area (Å²) < 4.78 is 41.7. The Morgan fingerprint density at radius 3 is 2.50 bits per heavy atom. The Morgan fingerprint density at radius 2 is 2.10 bits per heavy atom. The highest BCUT2D eigenvalue weighted by Crippen LogP contribution is 2.30. The molecule has 0 saturated heterocycles. The topological polar surface area (TPSA) is 89.7 Å². The number of carboxylic acid groups (broad SMARTS) is 1. The lowest BCUT2D eigenvalue weighted by molar-refractivity contribution is -0.384. The predicted molar refractivity (Wildman–Crippen MR) is 60.8 cm³/mol. The molecule has 6 nitrogen and oxygen atoms in total. The van der Waals surface area contributed by atoms with E-state index in [1.807, 2.05) is 0 Å². The molecule has 1 aromatic rings. The zero-order chi connectivity index (χ0) is 15.5. The van der Waals surface area contributed by atoms with E-state index < -0.39 is 35.3 Å². The molecule has 0 amide bonds. The molecule has 1 N–H and O–H groups in total. The van der Waals surface area contributed by atoms with Gasteiger partial charge in [-0.2, -0.15) is 13.2 Å². The fourth-order valence-electron chi connectivity index (χ4n) is 1.21. The van der Waals surface area contributed by atoms with Crippen LogP contribution in [-0.2, 0) is 4.79 Å². The van der Waals surface area contributed by atoms with Crippen LogP contribution < -0.4 is 4.74 Å². The van der Waals surface area contributed by atoms with Crippen LogP contribution in [0.1, 0.15) is 0 Å². The SMILES string of the molecule is O=C(O)C(COc1ccc([N+](=O)[O-])c(Cl)c1)C(F)(F)F. The molecule has 0 aliphatic carbocycles. The van der Waals surface area contributed by atoms with Gasteiger partial charge in [-0.15, -0.1) is 0 Å². The molecule has 0 aliphatic rings. The molecule has 0 heterocycles. The predicted octanol–water partition coefficient (Wildman–Crippen LogP) is 2.89. The Hall–Kier alpha value is -2.03. The maximum Gasteiger partial charge on any atom is 0.405 e. The van der Waals surface area contributed by atoms with Gasteiger partial charge in [0.05, 0.1) is 4.92 Å². The maximum absolute atomic E-state index is 12.3. The summed E-state index contributed by atoms with van der Waals surface area (Å²) in [6.45, 7) is -1.16. The number of nitrogens with zero attached hydrogens (tertiary/aromatic N) is 1. The molecule has 0 spiro atoms. The fourth-order valence-corrected chi connectivity index (χ4v) is 1.45. The van der Waals surface area contributed by atoms with Crippen LogP contribution in [0.2, 0.25) is 5.02 Å². The highest BCUT2D eigenvalue weighted by atomic mass is 35.5. The van der Waals surface area contributed by atoms with Gasteiger partial charge in [-0.3, -0.25) is 14.9 Å². The van der Waals surface area contributed by atoms with E-state index >= 15 is 0 Å². The van der Waals surface area contributed by atoms with Crippen molar-refractivity contribution in [3.05, 3.63) is 33.3 Å². The average molecular weight is 314 g/mol. The summed E-state index contributed by atoms with van der Waals surface area (Å²) in [6, 6.07) is 2.91. The number of nitro benzene ring substituents is 1. The number of rotatable bonds is 5. The Kier molecular flexibility index (Phi) is 4.77. The first-order valence-corrected chi connectivity index (χ1v) is 5.37. The van der Waals surface area contributed by atoms with E-state index in [1.54, 1.807) is 0 Å². The third-order valence-electron chi connectivity index (χ3n) is 2.23. The van der Waals surface area contributed by atoms with Crippen molar-refractivity contribution < 1.29 is 32.7 Å². The van der Waals surface area contributed by atoms with Crippen molar-refractivity contribution in [2.24, 2.45) is 5.92 Å². The number of hydrogen-bond donors (Lipinski definition) is 1. The number of hydrogen-bond acceptors (Lipinski definition) is 4. The first kappa shape index (κ1) is 16.0. The smallest absolute Gasteiger partial charge is 0.405 e. The van der Waals surface area contributed by atoms with Crippen molar-refractivity contribution in [3.8, 4) is 5.75 Å². The first-order valence-electron chi connectivity index (χ1n) is 4.99. The van der Waals surface area contributed by atoms with Gasteiger partial charge in [0.1, 0.15) is 17.4 Å². The van der Waals surface area contributed by atoms with Crippen molar-refractivity contribution in [1.29, 1.82) is 0 Å². The van der Waals surface area contributed by atoms with Gasteiger partial charge in [0.2, 0.25) is 0 Å². The van der Waals surface area contributed by atoms with Gasteiger partial charge in [0.25, 0.3) is 5.69 Å². The van der Waals surface area contributed by atoms with Crippen molar-refractivity contribution in [2.75, 3.05) is 6.61 Å². The molecular formula is C10H7ClF3NO5. The molecule has 1 aromatic carbocycles. The quantitative estimate of drug-likeness (QED) is 0.667. The Morgan fingerprint density at radius 1 is 1.50 bits per heavy atom. The number of carbonyl (C=O) groups is 1. The molecule has 0 saturated carbocycles. The molecule has 20 heavy (non-hydrogen) atoms. The molecule has 1 rings (SSSR count). The van der Waals surface area contributed by atoms with Gasteiger partial charge in [0, 0.05) is 12.1 Å². The van der Waals surface area contributed by atoms with Crippen molar-refractivity contribution >= 4 is 23.3 Å². The number of alkyl halides is 3. The highest BCUT2D eigenvalue weighted by molar-refractivity contribution is 6.32. The number of nitro groups is 1. The van der Waals surface area contributed by atoms with Crippen LogP contribution in [0, 0.1) is 16.0 Å². The molecule has 0 aromatic heterocycles. The van der Waals surface area contributed by atoms with Gasteiger partial charge < -0.3 is 9.84 Å². The number of halogens is 4. The average Bonchev–Trinajstić information content (AvgIpc) is 2.26. The first-order chi connectivity index (χ1) is 9.12. The molecule has 0 fully saturated rings. The molecule has 1 unspecified atom stereocenters. The number of aliphatic carboxylic acids is 1. The minimum atomic E-state index is -4.96. The number of ether oxygens (including phenoxy) is 1. The lowest BCUT2D eigenvalue weighted by Gasteiger charge is -2.16. The Balaban J connectivity index is 2.82. The third-order valence-corrected chi connectivity index (χ3v) is 2.53. The van der Waals surface area contributed by atoms with Crippen LogP contribution in [0.15, 0.2) is 18.2 Å².